The van der Waals surface area contributed by atoms with Crippen molar-refractivity contribution in [2.75, 3.05) is 10.0 Å². The average molecular weight is 337 g/mol. The molecule has 23 heavy (non-hydrogen) atoms. The van der Waals surface area contributed by atoms with Crippen molar-refractivity contribution in [3.63, 3.8) is 0 Å². The summed E-state index contributed by atoms with van der Waals surface area (Å²) < 4.78 is 40.3. The summed E-state index contributed by atoms with van der Waals surface area (Å²) in [6.07, 6.45) is 1.43. The summed E-state index contributed by atoms with van der Waals surface area (Å²) in [6, 6.07) is 6.97. The quantitative estimate of drug-likeness (QED) is 0.895. The van der Waals surface area contributed by atoms with Crippen LogP contribution in [0.1, 0.15) is 26.3 Å². The molecular formula is C16H20FN3O2S. The maximum atomic E-state index is 13.3. The van der Waals surface area contributed by atoms with E-state index in [-0.39, 0.29) is 16.0 Å². The predicted octanol–water partition coefficient (Wildman–Crippen LogP) is 3.54. The Labute approximate surface area is 136 Å². The van der Waals surface area contributed by atoms with Gasteiger partial charge in [0.15, 0.2) is 0 Å². The molecule has 0 bridgehead atoms. The molecule has 0 atom stereocenters. The highest BCUT2D eigenvalue weighted by molar-refractivity contribution is 7.92. The number of hydrogen-bond acceptors (Lipinski definition) is 4. The van der Waals surface area contributed by atoms with Gasteiger partial charge in [-0.1, -0.05) is 0 Å². The fraction of sp³-hybridized carbons (Fsp3) is 0.312. The monoisotopic (exact) mass is 337 g/mol. The van der Waals surface area contributed by atoms with Gasteiger partial charge in [-0.25, -0.2) is 17.8 Å². The summed E-state index contributed by atoms with van der Waals surface area (Å²) in [5.74, 6) is 0.210. The maximum absolute atomic E-state index is 13.3. The molecular weight excluding hydrogens is 317 g/mol. The predicted molar refractivity (Wildman–Crippen MR) is 89.6 cm³/mol. The van der Waals surface area contributed by atoms with Crippen molar-refractivity contribution in [2.45, 2.75) is 38.1 Å². The molecule has 0 saturated carbocycles. The van der Waals surface area contributed by atoms with Gasteiger partial charge in [0.25, 0.3) is 10.0 Å². The smallest absolute Gasteiger partial charge is 0.261 e. The highest BCUT2D eigenvalue weighted by Gasteiger charge is 2.16. The van der Waals surface area contributed by atoms with Gasteiger partial charge in [-0.05, 0) is 63.6 Å². The molecule has 0 saturated heterocycles. The van der Waals surface area contributed by atoms with E-state index in [1.165, 1.54) is 25.3 Å². The SMILES string of the molecule is Cc1cc(S(=O)(=O)Nc2ccc(NC(C)(C)C)nc2)ccc1F. The van der Waals surface area contributed by atoms with E-state index in [1.807, 2.05) is 20.8 Å². The van der Waals surface area contributed by atoms with Gasteiger partial charge in [0.1, 0.15) is 11.6 Å². The van der Waals surface area contributed by atoms with Crippen LogP contribution in [0.25, 0.3) is 0 Å². The highest BCUT2D eigenvalue weighted by atomic mass is 32.2. The van der Waals surface area contributed by atoms with Gasteiger partial charge >= 0.3 is 0 Å². The van der Waals surface area contributed by atoms with Crippen LogP contribution in [0.3, 0.4) is 0 Å². The fourth-order valence-electron chi connectivity index (χ4n) is 1.91. The van der Waals surface area contributed by atoms with Crippen molar-refractivity contribution < 1.29 is 12.8 Å². The van der Waals surface area contributed by atoms with Crippen LogP contribution in [0, 0.1) is 12.7 Å². The topological polar surface area (TPSA) is 71.1 Å². The molecule has 1 aromatic heterocycles. The molecule has 2 aromatic rings. The number of rotatable bonds is 4. The van der Waals surface area contributed by atoms with Crippen LogP contribution in [0.5, 0.6) is 0 Å². The van der Waals surface area contributed by atoms with Gasteiger partial charge < -0.3 is 5.32 Å². The largest absolute Gasteiger partial charge is 0.365 e. The first-order chi connectivity index (χ1) is 10.6. The molecule has 0 radical (unpaired) electrons. The third kappa shape index (κ3) is 4.66. The Balaban J connectivity index is 2.19. The minimum atomic E-state index is -3.78. The van der Waals surface area contributed by atoms with Gasteiger partial charge in [0.05, 0.1) is 16.8 Å². The molecule has 1 heterocycles. The summed E-state index contributed by atoms with van der Waals surface area (Å²) in [4.78, 5) is 4.18. The highest BCUT2D eigenvalue weighted by Crippen LogP contribution is 2.19. The molecule has 2 rings (SSSR count). The van der Waals surface area contributed by atoms with E-state index < -0.39 is 15.8 Å². The van der Waals surface area contributed by atoms with Crippen molar-refractivity contribution in [2.24, 2.45) is 0 Å². The van der Waals surface area contributed by atoms with Crippen molar-refractivity contribution in [3.05, 3.63) is 47.9 Å². The zero-order chi connectivity index (χ0) is 17.3. The van der Waals surface area contributed by atoms with Crippen LogP contribution in [0.2, 0.25) is 0 Å². The lowest BCUT2D eigenvalue weighted by molar-refractivity contribution is 0.598. The minimum absolute atomic E-state index is 0.00768. The van der Waals surface area contributed by atoms with Crippen LogP contribution in [-0.4, -0.2) is 18.9 Å². The van der Waals surface area contributed by atoms with Crippen molar-refractivity contribution in [3.8, 4) is 0 Å². The zero-order valence-corrected chi connectivity index (χ0v) is 14.3. The number of halogens is 1. The lowest BCUT2D eigenvalue weighted by atomic mass is 10.1. The number of anilines is 2. The summed E-state index contributed by atoms with van der Waals surface area (Å²) in [5, 5.41) is 3.19. The number of nitrogens with zero attached hydrogens (tertiary/aromatic N) is 1. The molecule has 0 amide bonds. The first-order valence-electron chi connectivity index (χ1n) is 7.10. The number of sulfonamides is 1. The van der Waals surface area contributed by atoms with Gasteiger partial charge in [-0.2, -0.15) is 0 Å². The van der Waals surface area contributed by atoms with E-state index in [4.69, 9.17) is 0 Å². The first-order valence-corrected chi connectivity index (χ1v) is 8.58. The number of aromatic nitrogens is 1. The lowest BCUT2D eigenvalue weighted by Crippen LogP contribution is -2.26. The molecule has 7 heteroatoms. The van der Waals surface area contributed by atoms with Gasteiger partial charge in [-0.15, -0.1) is 0 Å². The van der Waals surface area contributed by atoms with Crippen LogP contribution in [0.15, 0.2) is 41.4 Å². The fourth-order valence-corrected chi connectivity index (χ4v) is 3.04. The molecule has 0 aliphatic rings. The number of pyridine rings is 1. The zero-order valence-electron chi connectivity index (χ0n) is 13.5. The Morgan fingerprint density at radius 3 is 2.35 bits per heavy atom. The number of nitrogens with one attached hydrogen (secondary N) is 2. The van der Waals surface area contributed by atoms with E-state index >= 15 is 0 Å². The molecule has 0 unspecified atom stereocenters. The normalized spacial score (nSPS) is 12.0. The molecule has 0 spiro atoms. The van der Waals surface area contributed by atoms with Gasteiger partial charge in [0.2, 0.25) is 0 Å². The molecule has 0 aliphatic carbocycles. The second-order valence-corrected chi connectivity index (χ2v) is 8.01. The van der Waals surface area contributed by atoms with E-state index in [2.05, 4.69) is 15.0 Å². The Kier molecular flexibility index (Phi) is 4.61. The maximum Gasteiger partial charge on any atom is 0.261 e. The Morgan fingerprint density at radius 1 is 1.13 bits per heavy atom. The molecule has 0 fully saturated rings. The Morgan fingerprint density at radius 2 is 1.83 bits per heavy atom. The van der Waals surface area contributed by atoms with E-state index in [9.17, 15) is 12.8 Å². The molecule has 5 nitrogen and oxygen atoms in total. The summed E-state index contributed by atoms with van der Waals surface area (Å²) in [5.41, 5.74) is 0.474. The van der Waals surface area contributed by atoms with Crippen molar-refractivity contribution in [1.29, 1.82) is 0 Å². The van der Waals surface area contributed by atoms with Crippen molar-refractivity contribution in [1.82, 2.24) is 4.98 Å². The summed E-state index contributed by atoms with van der Waals surface area (Å²) in [6.45, 7) is 7.52. The third-order valence-electron chi connectivity index (χ3n) is 2.96. The Hall–Kier alpha value is -2.15. The van der Waals surface area contributed by atoms with E-state index in [0.29, 0.717) is 11.5 Å². The second kappa shape index (κ2) is 6.16. The van der Waals surface area contributed by atoms with Gasteiger partial charge in [0, 0.05) is 5.54 Å². The summed E-state index contributed by atoms with van der Waals surface area (Å²) in [7, 11) is -3.78. The second-order valence-electron chi connectivity index (χ2n) is 6.32. The standard InChI is InChI=1S/C16H20FN3O2S/c1-11-9-13(6-7-14(11)17)23(21,22)20-12-5-8-15(18-10-12)19-16(2,3)4/h5-10,20H,1-4H3,(H,18,19). The van der Waals surface area contributed by atoms with Crippen LogP contribution in [-0.2, 0) is 10.0 Å². The van der Waals surface area contributed by atoms with E-state index in [0.717, 1.165) is 6.07 Å². The number of hydrogen-bond donors (Lipinski definition) is 2. The van der Waals surface area contributed by atoms with Crippen LogP contribution >= 0.6 is 0 Å². The summed E-state index contributed by atoms with van der Waals surface area (Å²) >= 11 is 0. The Bertz CT molecular complexity index is 797. The van der Waals surface area contributed by atoms with Crippen molar-refractivity contribution >= 4 is 21.5 Å². The van der Waals surface area contributed by atoms with E-state index in [1.54, 1.807) is 12.1 Å². The molecule has 1 aromatic carbocycles. The third-order valence-corrected chi connectivity index (χ3v) is 4.34. The van der Waals surface area contributed by atoms with Crippen LogP contribution in [0.4, 0.5) is 15.9 Å². The lowest BCUT2D eigenvalue weighted by Gasteiger charge is -2.21. The average Bonchev–Trinajstić information content (AvgIpc) is 2.42. The van der Waals surface area contributed by atoms with Gasteiger partial charge in [-0.3, -0.25) is 4.72 Å². The first kappa shape index (κ1) is 17.2. The molecule has 124 valence electrons. The molecule has 2 N–H and O–H groups in total. The minimum Gasteiger partial charge on any atom is -0.365 e. The number of aryl methyl sites for hydroxylation is 1. The number of benzene rings is 1. The molecule has 0 aliphatic heterocycles. The van der Waals surface area contributed by atoms with Crippen LogP contribution < -0.4 is 10.0 Å².